The van der Waals surface area contributed by atoms with Crippen molar-refractivity contribution in [3.63, 3.8) is 0 Å². The van der Waals surface area contributed by atoms with Crippen LogP contribution in [0, 0.1) is 5.92 Å². The molecular weight excluding hydrogens is 391 g/mol. The minimum atomic E-state index is 0. The summed E-state index contributed by atoms with van der Waals surface area (Å²) in [6.07, 6.45) is 3.89. The highest BCUT2D eigenvalue weighted by Crippen LogP contribution is 2.18. The number of aryl methyl sites for hydroxylation is 1. The summed E-state index contributed by atoms with van der Waals surface area (Å²) in [6, 6.07) is 1.05. The maximum absolute atomic E-state index is 4.33. The van der Waals surface area contributed by atoms with E-state index in [-0.39, 0.29) is 24.0 Å². The first-order valence-electron chi connectivity index (χ1n) is 7.68. The van der Waals surface area contributed by atoms with E-state index in [1.165, 1.54) is 0 Å². The van der Waals surface area contributed by atoms with Gasteiger partial charge >= 0.3 is 0 Å². The van der Waals surface area contributed by atoms with E-state index in [1.807, 2.05) is 31.2 Å². The fraction of sp³-hybridized carbons (Fsp3) is 0.733. The van der Waals surface area contributed by atoms with Gasteiger partial charge in [-0.2, -0.15) is 5.10 Å². The number of aromatic nitrogens is 2. The fourth-order valence-corrected chi connectivity index (χ4v) is 2.73. The molecule has 22 heavy (non-hydrogen) atoms. The number of guanidine groups is 1. The third-order valence-electron chi connectivity index (χ3n) is 4.13. The summed E-state index contributed by atoms with van der Waals surface area (Å²) in [4.78, 5) is 6.84. The molecule has 6 nitrogen and oxygen atoms in total. The van der Waals surface area contributed by atoms with Crippen LogP contribution in [0.3, 0.4) is 0 Å². The summed E-state index contributed by atoms with van der Waals surface area (Å²) >= 11 is 0. The van der Waals surface area contributed by atoms with Crippen molar-refractivity contribution in [1.29, 1.82) is 0 Å². The number of nitrogens with zero attached hydrogens (tertiary/aromatic N) is 4. The average Bonchev–Trinajstić information content (AvgIpc) is 3.01. The molecule has 0 bridgehead atoms. The topological polar surface area (TPSA) is 57.5 Å². The second-order valence-electron chi connectivity index (χ2n) is 6.22. The molecule has 0 saturated carbocycles. The van der Waals surface area contributed by atoms with Gasteiger partial charge in [0, 0.05) is 57.6 Å². The third-order valence-corrected chi connectivity index (χ3v) is 4.13. The lowest BCUT2D eigenvalue weighted by molar-refractivity contribution is 0.265. The maximum atomic E-state index is 4.33. The number of halogens is 1. The van der Waals surface area contributed by atoms with Crippen LogP contribution in [0.25, 0.3) is 0 Å². The highest BCUT2D eigenvalue weighted by Gasteiger charge is 2.31. The van der Waals surface area contributed by atoms with Crippen molar-refractivity contribution < 1.29 is 0 Å². The average molecular weight is 420 g/mol. The number of nitrogens with one attached hydrogen (secondary N) is 2. The second-order valence-corrected chi connectivity index (χ2v) is 6.22. The Morgan fingerprint density at radius 2 is 2.18 bits per heavy atom. The molecule has 2 rings (SSSR count). The van der Waals surface area contributed by atoms with Crippen molar-refractivity contribution >= 4 is 29.9 Å². The Bertz CT molecular complexity index is 484. The SMILES string of the molecule is CN=C(NCc1cnn(C)c1)NC1CN(C(C)C)CC1C.I. The Morgan fingerprint density at radius 3 is 2.68 bits per heavy atom. The summed E-state index contributed by atoms with van der Waals surface area (Å²) in [5.74, 6) is 1.49. The van der Waals surface area contributed by atoms with E-state index in [2.05, 4.69) is 46.4 Å². The van der Waals surface area contributed by atoms with E-state index < -0.39 is 0 Å². The summed E-state index contributed by atoms with van der Waals surface area (Å²) in [7, 11) is 3.75. The molecule has 1 aromatic rings. The van der Waals surface area contributed by atoms with Crippen LogP contribution in [0.1, 0.15) is 26.3 Å². The van der Waals surface area contributed by atoms with Gasteiger partial charge in [-0.15, -0.1) is 24.0 Å². The minimum absolute atomic E-state index is 0. The molecule has 0 radical (unpaired) electrons. The lowest BCUT2D eigenvalue weighted by Gasteiger charge is -2.21. The third kappa shape index (κ3) is 5.12. The van der Waals surface area contributed by atoms with E-state index >= 15 is 0 Å². The quantitative estimate of drug-likeness (QED) is 0.440. The van der Waals surface area contributed by atoms with Crippen LogP contribution in [-0.4, -0.2) is 52.9 Å². The summed E-state index contributed by atoms with van der Waals surface area (Å²) < 4.78 is 1.81. The van der Waals surface area contributed by atoms with Gasteiger partial charge in [0.15, 0.2) is 5.96 Å². The van der Waals surface area contributed by atoms with E-state index in [4.69, 9.17) is 0 Å². The Labute approximate surface area is 150 Å². The predicted molar refractivity (Wildman–Crippen MR) is 102 cm³/mol. The van der Waals surface area contributed by atoms with E-state index in [0.717, 1.165) is 31.2 Å². The zero-order valence-electron chi connectivity index (χ0n) is 14.2. The molecule has 0 spiro atoms. The Kier molecular flexibility index (Phi) is 7.61. The van der Waals surface area contributed by atoms with E-state index in [1.54, 1.807) is 0 Å². The van der Waals surface area contributed by atoms with Gasteiger partial charge in [0.05, 0.1) is 6.20 Å². The van der Waals surface area contributed by atoms with Gasteiger partial charge in [0.25, 0.3) is 0 Å². The van der Waals surface area contributed by atoms with Crippen molar-refractivity contribution in [3.05, 3.63) is 18.0 Å². The zero-order chi connectivity index (χ0) is 15.4. The van der Waals surface area contributed by atoms with Gasteiger partial charge in [-0.3, -0.25) is 14.6 Å². The zero-order valence-corrected chi connectivity index (χ0v) is 16.5. The lowest BCUT2D eigenvalue weighted by atomic mass is 10.1. The summed E-state index contributed by atoms with van der Waals surface area (Å²) in [5.41, 5.74) is 1.16. The van der Waals surface area contributed by atoms with E-state index in [9.17, 15) is 0 Å². The number of likely N-dealkylation sites (tertiary alicyclic amines) is 1. The standard InChI is InChI=1S/C15H28N6.HI/c1-11(2)21-8-12(3)14(10-21)19-15(16-4)17-6-13-7-18-20(5)9-13;/h7,9,11-12,14H,6,8,10H2,1-5H3,(H2,16,17,19);1H. The van der Waals surface area contributed by atoms with Gasteiger partial charge in [0.1, 0.15) is 0 Å². The first kappa shape index (κ1) is 19.2. The first-order chi connectivity index (χ1) is 9.99. The predicted octanol–water partition coefficient (Wildman–Crippen LogP) is 1.43. The van der Waals surface area contributed by atoms with Crippen LogP contribution in [0.5, 0.6) is 0 Å². The van der Waals surface area contributed by atoms with Gasteiger partial charge < -0.3 is 10.6 Å². The van der Waals surface area contributed by atoms with E-state index in [0.29, 0.717) is 18.0 Å². The molecule has 2 unspecified atom stereocenters. The summed E-state index contributed by atoms with van der Waals surface area (Å²) in [5, 5.41) is 11.1. The first-order valence-corrected chi connectivity index (χ1v) is 7.68. The molecule has 1 saturated heterocycles. The van der Waals surface area contributed by atoms with Crippen molar-refractivity contribution in [2.45, 2.75) is 39.4 Å². The molecule has 1 aliphatic heterocycles. The van der Waals surface area contributed by atoms with Crippen LogP contribution in [0.4, 0.5) is 0 Å². The van der Waals surface area contributed by atoms with Crippen LogP contribution >= 0.6 is 24.0 Å². The van der Waals surface area contributed by atoms with Gasteiger partial charge in [-0.05, 0) is 19.8 Å². The molecule has 1 fully saturated rings. The number of hydrogen-bond donors (Lipinski definition) is 2. The number of hydrogen-bond acceptors (Lipinski definition) is 3. The van der Waals surface area contributed by atoms with Crippen LogP contribution in [-0.2, 0) is 13.6 Å². The normalized spacial score (nSPS) is 22.7. The molecular formula is C15H29IN6. The van der Waals surface area contributed by atoms with Crippen molar-refractivity contribution in [1.82, 2.24) is 25.3 Å². The fourth-order valence-electron chi connectivity index (χ4n) is 2.73. The van der Waals surface area contributed by atoms with Crippen molar-refractivity contribution in [3.8, 4) is 0 Å². The number of rotatable bonds is 4. The van der Waals surface area contributed by atoms with Gasteiger partial charge in [0.2, 0.25) is 0 Å². The van der Waals surface area contributed by atoms with Crippen molar-refractivity contribution in [2.75, 3.05) is 20.1 Å². The smallest absolute Gasteiger partial charge is 0.191 e. The molecule has 1 aliphatic rings. The molecule has 2 N–H and O–H groups in total. The highest BCUT2D eigenvalue weighted by atomic mass is 127. The monoisotopic (exact) mass is 420 g/mol. The van der Waals surface area contributed by atoms with Gasteiger partial charge in [-0.1, -0.05) is 6.92 Å². The summed E-state index contributed by atoms with van der Waals surface area (Å²) in [6.45, 7) is 9.77. The van der Waals surface area contributed by atoms with Crippen LogP contribution in [0.15, 0.2) is 17.4 Å². The van der Waals surface area contributed by atoms with Crippen LogP contribution in [0.2, 0.25) is 0 Å². The molecule has 126 valence electrons. The molecule has 0 aromatic carbocycles. The molecule has 7 heteroatoms. The number of aliphatic imine (C=N–C) groups is 1. The maximum Gasteiger partial charge on any atom is 0.191 e. The largest absolute Gasteiger partial charge is 0.352 e. The van der Waals surface area contributed by atoms with Crippen molar-refractivity contribution in [2.24, 2.45) is 18.0 Å². The lowest BCUT2D eigenvalue weighted by Crippen LogP contribution is -2.46. The molecule has 2 atom stereocenters. The highest BCUT2D eigenvalue weighted by molar-refractivity contribution is 14.0. The van der Waals surface area contributed by atoms with Crippen LogP contribution < -0.4 is 10.6 Å². The molecule has 1 aromatic heterocycles. The molecule has 2 heterocycles. The minimum Gasteiger partial charge on any atom is -0.352 e. The molecule has 0 amide bonds. The Balaban J connectivity index is 0.00000242. The Hall–Kier alpha value is -0.830. The Morgan fingerprint density at radius 1 is 1.45 bits per heavy atom. The molecule has 0 aliphatic carbocycles. The van der Waals surface area contributed by atoms with Gasteiger partial charge in [-0.25, -0.2) is 0 Å². The second kappa shape index (κ2) is 8.71.